The lowest BCUT2D eigenvalue weighted by Crippen LogP contribution is -2.32. The molecule has 0 aromatic heterocycles. The van der Waals surface area contributed by atoms with Gasteiger partial charge in [0.15, 0.2) is 9.84 Å². The summed E-state index contributed by atoms with van der Waals surface area (Å²) in [5.74, 6) is -0.320. The molecule has 142 valence electrons. The Balaban J connectivity index is 1.76. The first kappa shape index (κ1) is 19.9. The van der Waals surface area contributed by atoms with Gasteiger partial charge in [0.25, 0.3) is 0 Å². The minimum absolute atomic E-state index is 0.0887. The van der Waals surface area contributed by atoms with Gasteiger partial charge < -0.3 is 4.90 Å². The minimum atomic E-state index is -3.40. The SMILES string of the molecule is O=C(/C=C/c1ccccc1Cl)N1CCC(c2ccccc2Cl)S(=O)(=O)CC1. The summed E-state index contributed by atoms with van der Waals surface area (Å²) in [7, 11) is -3.40. The van der Waals surface area contributed by atoms with Gasteiger partial charge in [-0.3, -0.25) is 4.79 Å². The predicted octanol–water partition coefficient (Wildman–Crippen LogP) is 4.40. The Hall–Kier alpha value is -1.82. The summed E-state index contributed by atoms with van der Waals surface area (Å²) in [5.41, 5.74) is 1.34. The molecule has 0 saturated carbocycles. The zero-order valence-corrected chi connectivity index (χ0v) is 16.8. The Labute approximate surface area is 169 Å². The number of benzene rings is 2. The van der Waals surface area contributed by atoms with E-state index in [0.29, 0.717) is 28.6 Å². The minimum Gasteiger partial charge on any atom is -0.338 e. The fourth-order valence-electron chi connectivity index (χ4n) is 3.13. The van der Waals surface area contributed by atoms with Gasteiger partial charge in [-0.2, -0.15) is 0 Å². The number of rotatable bonds is 3. The maximum atomic E-state index is 12.7. The Morgan fingerprint density at radius 3 is 2.37 bits per heavy atom. The number of amides is 1. The fraction of sp³-hybridized carbons (Fsp3) is 0.250. The summed E-state index contributed by atoms with van der Waals surface area (Å²) >= 11 is 12.3. The summed E-state index contributed by atoms with van der Waals surface area (Å²) in [6, 6.07) is 14.2. The molecule has 1 atom stereocenters. The van der Waals surface area contributed by atoms with Crippen molar-refractivity contribution in [2.75, 3.05) is 18.8 Å². The molecule has 1 fully saturated rings. The molecule has 0 spiro atoms. The third-order valence-electron chi connectivity index (χ3n) is 4.61. The van der Waals surface area contributed by atoms with E-state index in [1.54, 1.807) is 41.3 Å². The number of halogens is 2. The summed E-state index contributed by atoms with van der Waals surface area (Å²) in [6.45, 7) is 0.510. The second kappa shape index (κ2) is 8.46. The molecule has 1 aliphatic heterocycles. The van der Waals surface area contributed by atoms with Crippen LogP contribution < -0.4 is 0 Å². The second-order valence-electron chi connectivity index (χ2n) is 6.35. The third-order valence-corrected chi connectivity index (χ3v) is 7.41. The molecule has 1 saturated heterocycles. The van der Waals surface area contributed by atoms with Crippen LogP contribution in [0, 0.1) is 0 Å². The van der Waals surface area contributed by atoms with Crippen LogP contribution >= 0.6 is 23.2 Å². The highest BCUT2D eigenvalue weighted by Gasteiger charge is 2.33. The van der Waals surface area contributed by atoms with Gasteiger partial charge >= 0.3 is 0 Å². The summed E-state index contributed by atoms with van der Waals surface area (Å²) in [6.07, 6.45) is 3.40. The summed E-state index contributed by atoms with van der Waals surface area (Å²) in [4.78, 5) is 14.1. The van der Waals surface area contributed by atoms with Crippen LogP contribution in [-0.2, 0) is 14.6 Å². The summed E-state index contributed by atoms with van der Waals surface area (Å²) < 4.78 is 25.4. The molecule has 0 N–H and O–H groups in total. The fourth-order valence-corrected chi connectivity index (χ4v) is 5.47. The van der Waals surface area contributed by atoms with Crippen LogP contribution in [0.2, 0.25) is 10.0 Å². The van der Waals surface area contributed by atoms with E-state index in [4.69, 9.17) is 23.2 Å². The number of hydrogen-bond donors (Lipinski definition) is 0. The maximum absolute atomic E-state index is 12.7. The van der Waals surface area contributed by atoms with Crippen molar-refractivity contribution >= 4 is 45.0 Å². The van der Waals surface area contributed by atoms with Gasteiger partial charge in [-0.15, -0.1) is 0 Å². The molecule has 3 rings (SSSR count). The highest BCUT2D eigenvalue weighted by Crippen LogP contribution is 2.33. The zero-order valence-electron chi connectivity index (χ0n) is 14.5. The molecule has 27 heavy (non-hydrogen) atoms. The van der Waals surface area contributed by atoms with Gasteiger partial charge in [-0.1, -0.05) is 59.6 Å². The summed E-state index contributed by atoms with van der Waals surface area (Å²) in [5, 5.41) is 0.291. The van der Waals surface area contributed by atoms with Crippen LogP contribution in [0.15, 0.2) is 54.6 Å². The van der Waals surface area contributed by atoms with E-state index >= 15 is 0 Å². The highest BCUT2D eigenvalue weighted by molar-refractivity contribution is 7.91. The van der Waals surface area contributed by atoms with Crippen molar-refractivity contribution in [3.63, 3.8) is 0 Å². The van der Waals surface area contributed by atoms with Gasteiger partial charge in [-0.05, 0) is 35.8 Å². The van der Waals surface area contributed by atoms with E-state index in [-0.39, 0.29) is 18.2 Å². The zero-order chi connectivity index (χ0) is 19.4. The Morgan fingerprint density at radius 1 is 1.00 bits per heavy atom. The molecule has 4 nitrogen and oxygen atoms in total. The molecule has 1 unspecified atom stereocenters. The molecule has 0 radical (unpaired) electrons. The molecule has 1 amide bonds. The monoisotopic (exact) mass is 423 g/mol. The van der Waals surface area contributed by atoms with Crippen molar-refractivity contribution in [3.05, 3.63) is 75.8 Å². The molecule has 7 heteroatoms. The lowest BCUT2D eigenvalue weighted by Gasteiger charge is -2.18. The van der Waals surface area contributed by atoms with Crippen LogP contribution in [-0.4, -0.2) is 38.1 Å². The third kappa shape index (κ3) is 4.72. The average molecular weight is 424 g/mol. The Morgan fingerprint density at radius 2 is 1.67 bits per heavy atom. The number of sulfone groups is 1. The largest absolute Gasteiger partial charge is 0.338 e. The van der Waals surface area contributed by atoms with Crippen molar-refractivity contribution in [1.29, 1.82) is 0 Å². The molecule has 0 bridgehead atoms. The van der Waals surface area contributed by atoms with E-state index < -0.39 is 15.1 Å². The lowest BCUT2D eigenvalue weighted by atomic mass is 10.1. The molecule has 2 aromatic rings. The molecule has 1 aliphatic rings. The van der Waals surface area contributed by atoms with Crippen molar-refractivity contribution in [1.82, 2.24) is 4.90 Å². The number of hydrogen-bond acceptors (Lipinski definition) is 3. The van der Waals surface area contributed by atoms with Gasteiger partial charge in [0.2, 0.25) is 5.91 Å². The van der Waals surface area contributed by atoms with Gasteiger partial charge in [-0.25, -0.2) is 8.42 Å². The first-order valence-corrected chi connectivity index (χ1v) is 11.0. The van der Waals surface area contributed by atoms with Crippen molar-refractivity contribution in [3.8, 4) is 0 Å². The normalized spacial score (nSPS) is 19.8. The smallest absolute Gasteiger partial charge is 0.246 e. The predicted molar refractivity (Wildman–Crippen MR) is 110 cm³/mol. The van der Waals surface area contributed by atoms with Gasteiger partial charge in [0.1, 0.15) is 0 Å². The van der Waals surface area contributed by atoms with Crippen LogP contribution in [0.5, 0.6) is 0 Å². The van der Waals surface area contributed by atoms with Crippen molar-refractivity contribution in [2.24, 2.45) is 0 Å². The van der Waals surface area contributed by atoms with Crippen molar-refractivity contribution in [2.45, 2.75) is 11.7 Å². The lowest BCUT2D eigenvalue weighted by molar-refractivity contribution is -0.125. The molecule has 2 aromatic carbocycles. The van der Waals surface area contributed by atoms with Crippen LogP contribution in [0.25, 0.3) is 6.08 Å². The van der Waals surface area contributed by atoms with E-state index in [2.05, 4.69) is 0 Å². The Bertz CT molecular complexity index is 973. The van der Waals surface area contributed by atoms with Crippen molar-refractivity contribution < 1.29 is 13.2 Å². The van der Waals surface area contributed by atoms with Crippen LogP contribution in [0.1, 0.15) is 22.8 Å². The number of nitrogens with zero attached hydrogens (tertiary/aromatic N) is 1. The van der Waals surface area contributed by atoms with E-state index in [0.717, 1.165) is 5.56 Å². The van der Waals surface area contributed by atoms with Crippen LogP contribution in [0.4, 0.5) is 0 Å². The number of carbonyl (C=O) groups is 1. The average Bonchev–Trinajstić information content (AvgIpc) is 2.79. The van der Waals surface area contributed by atoms with Gasteiger partial charge in [0.05, 0.1) is 11.0 Å². The molecule has 0 aliphatic carbocycles. The van der Waals surface area contributed by atoms with E-state index in [9.17, 15) is 13.2 Å². The van der Waals surface area contributed by atoms with Crippen LogP contribution in [0.3, 0.4) is 0 Å². The standard InChI is InChI=1S/C20H19Cl2NO3S/c21-17-7-3-1-5-15(17)9-10-20(24)23-12-11-19(27(25,26)14-13-23)16-6-2-4-8-18(16)22/h1-10,19H,11-14H2/b10-9+. The first-order valence-electron chi connectivity index (χ1n) is 8.56. The van der Waals surface area contributed by atoms with Gasteiger partial charge in [0, 0.05) is 29.2 Å². The number of carbonyl (C=O) groups excluding carboxylic acids is 1. The highest BCUT2D eigenvalue weighted by atomic mass is 35.5. The molecule has 1 heterocycles. The first-order chi connectivity index (χ1) is 12.9. The van der Waals surface area contributed by atoms with E-state index in [1.165, 1.54) is 6.08 Å². The quantitative estimate of drug-likeness (QED) is 0.687. The van der Waals surface area contributed by atoms with E-state index in [1.807, 2.05) is 18.2 Å². The molecular formula is C20H19Cl2NO3S. The Kier molecular flexibility index (Phi) is 6.25. The second-order valence-corrected chi connectivity index (χ2v) is 9.46. The molecular weight excluding hydrogens is 405 g/mol. The maximum Gasteiger partial charge on any atom is 0.246 e. The topological polar surface area (TPSA) is 54.5 Å².